The van der Waals surface area contributed by atoms with Gasteiger partial charge in [0.1, 0.15) is 0 Å². The van der Waals surface area contributed by atoms with E-state index in [1.807, 2.05) is 0 Å². The minimum atomic E-state index is 0.850. The Morgan fingerprint density at radius 2 is 1.23 bits per heavy atom. The zero-order valence-electron chi connectivity index (χ0n) is 19.8. The van der Waals surface area contributed by atoms with E-state index >= 15 is 0 Å². The second-order valence-corrected chi connectivity index (χ2v) is 8.98. The van der Waals surface area contributed by atoms with Gasteiger partial charge in [0.15, 0.2) is 0 Å². The zero-order chi connectivity index (χ0) is 23.6. The molecule has 35 heavy (non-hydrogen) atoms. The molecule has 0 aliphatic heterocycles. The normalized spacial score (nSPS) is 11.2. The minimum absolute atomic E-state index is 0.850. The van der Waals surface area contributed by atoms with E-state index in [1.54, 1.807) is 0 Å². The Morgan fingerprint density at radius 3 is 1.89 bits per heavy atom. The molecule has 0 bridgehead atoms. The first kappa shape index (κ1) is 21.2. The van der Waals surface area contributed by atoms with Crippen LogP contribution in [0.3, 0.4) is 0 Å². The van der Waals surface area contributed by atoms with Gasteiger partial charge in [0.2, 0.25) is 5.78 Å². The molecular formula is C32H27N3. The van der Waals surface area contributed by atoms with Crippen molar-refractivity contribution in [3.63, 3.8) is 0 Å². The third-order valence-electron chi connectivity index (χ3n) is 6.58. The summed E-state index contributed by atoms with van der Waals surface area (Å²) in [6.45, 7) is 2.98. The van der Waals surface area contributed by atoms with E-state index in [-0.39, 0.29) is 0 Å². The van der Waals surface area contributed by atoms with Gasteiger partial charge in [0.05, 0.1) is 17.1 Å². The summed E-state index contributed by atoms with van der Waals surface area (Å²) in [4.78, 5) is 5.26. The highest BCUT2D eigenvalue weighted by molar-refractivity contribution is 5.82. The van der Waals surface area contributed by atoms with Gasteiger partial charge in [-0.25, -0.2) is 4.98 Å². The van der Waals surface area contributed by atoms with E-state index < -0.39 is 0 Å². The summed E-state index contributed by atoms with van der Waals surface area (Å²) >= 11 is 0. The van der Waals surface area contributed by atoms with Crippen LogP contribution in [-0.2, 0) is 13.0 Å². The smallest absolute Gasteiger partial charge is 0.215 e. The maximum Gasteiger partial charge on any atom is 0.215 e. The first-order chi connectivity index (χ1) is 17.3. The van der Waals surface area contributed by atoms with Crippen molar-refractivity contribution < 1.29 is 0 Å². The van der Waals surface area contributed by atoms with E-state index in [0.29, 0.717) is 0 Å². The van der Waals surface area contributed by atoms with Gasteiger partial charge in [-0.2, -0.15) is 0 Å². The molecule has 4 aromatic carbocycles. The monoisotopic (exact) mass is 453 g/mol. The topological polar surface area (TPSA) is 22.2 Å². The molecule has 2 heterocycles. The molecule has 0 N–H and O–H groups in total. The maximum absolute atomic E-state index is 5.26. The van der Waals surface area contributed by atoms with Crippen molar-refractivity contribution in [2.75, 3.05) is 0 Å². The molecule has 3 heteroatoms. The Hall–Kier alpha value is -4.37. The van der Waals surface area contributed by atoms with Crippen LogP contribution in [-0.4, -0.2) is 14.0 Å². The number of aryl methyl sites for hydroxylation is 3. The van der Waals surface area contributed by atoms with Crippen LogP contribution in [0.4, 0.5) is 0 Å². The number of nitrogens with zero attached hydrogens (tertiary/aromatic N) is 3. The van der Waals surface area contributed by atoms with Crippen molar-refractivity contribution in [3.05, 3.63) is 133 Å². The number of benzene rings is 4. The number of aromatic nitrogens is 3. The van der Waals surface area contributed by atoms with Gasteiger partial charge < -0.3 is 4.57 Å². The molecule has 6 rings (SSSR count). The molecule has 0 unspecified atom stereocenters. The molecule has 0 spiro atoms. The highest BCUT2D eigenvalue weighted by Gasteiger charge is 2.21. The van der Waals surface area contributed by atoms with Gasteiger partial charge in [0.25, 0.3) is 0 Å². The van der Waals surface area contributed by atoms with Crippen LogP contribution in [0.15, 0.2) is 121 Å². The van der Waals surface area contributed by atoms with Gasteiger partial charge >= 0.3 is 0 Å². The quantitative estimate of drug-likeness (QED) is 0.253. The molecule has 0 aliphatic rings. The van der Waals surface area contributed by atoms with Crippen molar-refractivity contribution in [1.82, 2.24) is 14.0 Å². The lowest BCUT2D eigenvalue weighted by Gasteiger charge is -2.10. The van der Waals surface area contributed by atoms with Crippen molar-refractivity contribution >= 4 is 5.78 Å². The summed E-state index contributed by atoms with van der Waals surface area (Å²) < 4.78 is 4.65. The molecule has 2 aromatic heterocycles. The number of fused-ring (bicyclic) bond motifs is 1. The molecule has 0 aliphatic carbocycles. The third kappa shape index (κ3) is 4.06. The summed E-state index contributed by atoms with van der Waals surface area (Å²) in [5.74, 6) is 0.967. The molecule has 0 amide bonds. The van der Waals surface area contributed by atoms with E-state index in [4.69, 9.17) is 4.98 Å². The fraction of sp³-hybridized carbons (Fsp3) is 0.0938. The molecule has 6 aromatic rings. The Morgan fingerprint density at radius 1 is 0.629 bits per heavy atom. The van der Waals surface area contributed by atoms with E-state index in [2.05, 4.69) is 137 Å². The molecule has 0 radical (unpaired) electrons. The van der Waals surface area contributed by atoms with Gasteiger partial charge in [-0.05, 0) is 24.5 Å². The minimum Gasteiger partial charge on any atom is -0.309 e. The summed E-state index contributed by atoms with van der Waals surface area (Å²) in [5.41, 5.74) is 9.39. The fourth-order valence-electron chi connectivity index (χ4n) is 4.76. The fourth-order valence-corrected chi connectivity index (χ4v) is 4.76. The number of hydrogen-bond acceptors (Lipinski definition) is 1. The SMILES string of the molecule is Cc1ccc(-c2cn3c(-c4ccccc4)c(-c4ccccc4)nc3n2CCc2ccccc2)cc1. The van der Waals surface area contributed by atoms with Crippen molar-refractivity contribution in [2.45, 2.75) is 19.9 Å². The van der Waals surface area contributed by atoms with Crippen molar-refractivity contribution in [1.29, 1.82) is 0 Å². The van der Waals surface area contributed by atoms with Crippen LogP contribution in [0.25, 0.3) is 39.5 Å². The van der Waals surface area contributed by atoms with Gasteiger partial charge in [-0.1, -0.05) is 121 Å². The molecule has 3 nitrogen and oxygen atoms in total. The maximum atomic E-state index is 5.26. The van der Waals surface area contributed by atoms with Crippen LogP contribution >= 0.6 is 0 Å². The van der Waals surface area contributed by atoms with Gasteiger partial charge in [-0.3, -0.25) is 4.40 Å². The summed E-state index contributed by atoms with van der Waals surface area (Å²) in [6.07, 6.45) is 3.20. The highest BCUT2D eigenvalue weighted by atomic mass is 15.2. The van der Waals surface area contributed by atoms with Crippen LogP contribution in [0, 0.1) is 6.92 Å². The van der Waals surface area contributed by atoms with E-state index in [0.717, 1.165) is 41.3 Å². The lowest BCUT2D eigenvalue weighted by molar-refractivity contribution is 0.718. The lowest BCUT2D eigenvalue weighted by atomic mass is 10.0. The summed E-state index contributed by atoms with van der Waals surface area (Å²) in [6, 6.07) is 40.6. The lowest BCUT2D eigenvalue weighted by Crippen LogP contribution is -2.04. The molecule has 0 atom stereocenters. The standard InChI is InChI=1S/C32H27N3/c1-24-17-19-26(20-18-24)29-23-35-31(28-15-9-4-10-16-28)30(27-13-7-3-8-14-27)33-32(35)34(29)22-21-25-11-5-2-6-12-25/h2-20,23H,21-22H2,1H3. The first-order valence-electron chi connectivity index (χ1n) is 12.1. The Kier molecular flexibility index (Phi) is 5.51. The highest BCUT2D eigenvalue weighted by Crippen LogP contribution is 2.35. The predicted molar refractivity (Wildman–Crippen MR) is 144 cm³/mol. The van der Waals surface area contributed by atoms with Gasteiger partial charge in [0, 0.05) is 23.9 Å². The van der Waals surface area contributed by atoms with E-state index in [9.17, 15) is 0 Å². The van der Waals surface area contributed by atoms with Crippen LogP contribution < -0.4 is 0 Å². The number of imidazole rings is 2. The summed E-state index contributed by atoms with van der Waals surface area (Å²) in [7, 11) is 0. The Labute approximate surface area is 206 Å². The number of rotatable bonds is 6. The first-order valence-corrected chi connectivity index (χ1v) is 12.1. The molecule has 0 saturated heterocycles. The third-order valence-corrected chi connectivity index (χ3v) is 6.58. The number of hydrogen-bond donors (Lipinski definition) is 0. The average molecular weight is 454 g/mol. The predicted octanol–water partition coefficient (Wildman–Crippen LogP) is 7.69. The molecule has 0 fully saturated rings. The van der Waals surface area contributed by atoms with Crippen molar-refractivity contribution in [2.24, 2.45) is 0 Å². The average Bonchev–Trinajstić information content (AvgIpc) is 3.46. The van der Waals surface area contributed by atoms with E-state index in [1.165, 1.54) is 22.4 Å². The van der Waals surface area contributed by atoms with Crippen molar-refractivity contribution in [3.8, 4) is 33.8 Å². The second-order valence-electron chi connectivity index (χ2n) is 8.98. The molecule has 0 saturated carbocycles. The molecular weight excluding hydrogens is 426 g/mol. The zero-order valence-corrected chi connectivity index (χ0v) is 19.8. The Balaban J connectivity index is 1.58. The van der Waals surface area contributed by atoms with Crippen LogP contribution in [0.2, 0.25) is 0 Å². The Bertz CT molecular complexity index is 1560. The van der Waals surface area contributed by atoms with Crippen LogP contribution in [0.1, 0.15) is 11.1 Å². The van der Waals surface area contributed by atoms with Gasteiger partial charge in [-0.15, -0.1) is 0 Å². The summed E-state index contributed by atoms with van der Waals surface area (Å²) in [5, 5.41) is 0. The largest absolute Gasteiger partial charge is 0.309 e. The second kappa shape index (κ2) is 9.11. The van der Waals surface area contributed by atoms with Crippen LogP contribution in [0.5, 0.6) is 0 Å². The molecule has 170 valence electrons.